The number of aromatic carboxylic acids is 1. The summed E-state index contributed by atoms with van der Waals surface area (Å²) >= 11 is 0. The van der Waals surface area contributed by atoms with Gasteiger partial charge in [0, 0.05) is 30.2 Å². The molecule has 1 aliphatic rings. The van der Waals surface area contributed by atoms with Gasteiger partial charge in [-0.15, -0.1) is 0 Å². The Morgan fingerprint density at radius 1 is 1.20 bits per heavy atom. The lowest BCUT2D eigenvalue weighted by Gasteiger charge is -2.34. The molecule has 0 saturated heterocycles. The van der Waals surface area contributed by atoms with Crippen molar-refractivity contribution < 1.29 is 29.0 Å². The zero-order valence-electron chi connectivity index (χ0n) is 18.6. The summed E-state index contributed by atoms with van der Waals surface area (Å²) in [5.41, 5.74) is 6.36. The molecule has 0 unspecified atom stereocenters. The highest BCUT2D eigenvalue weighted by atomic mass is 19.1. The van der Waals surface area contributed by atoms with Crippen LogP contribution < -0.4 is 27.2 Å². The molecule has 1 aliphatic carbocycles. The van der Waals surface area contributed by atoms with E-state index in [0.717, 1.165) is 0 Å². The van der Waals surface area contributed by atoms with Gasteiger partial charge in [0.15, 0.2) is 0 Å². The van der Waals surface area contributed by atoms with Gasteiger partial charge in [-0.1, -0.05) is 0 Å². The van der Waals surface area contributed by atoms with Crippen LogP contribution in [0.15, 0.2) is 41.2 Å². The van der Waals surface area contributed by atoms with E-state index in [1.807, 2.05) is 0 Å². The van der Waals surface area contributed by atoms with Crippen LogP contribution in [0.3, 0.4) is 0 Å². The van der Waals surface area contributed by atoms with E-state index in [4.69, 9.17) is 20.7 Å². The third-order valence-electron chi connectivity index (χ3n) is 5.50. The zero-order chi connectivity index (χ0) is 25.7. The molecule has 11 nitrogen and oxygen atoms in total. The first kappa shape index (κ1) is 25.2. The van der Waals surface area contributed by atoms with Crippen LogP contribution in [-0.2, 0) is 4.79 Å². The van der Waals surface area contributed by atoms with Gasteiger partial charge in [-0.25, -0.2) is 9.18 Å². The second kappa shape index (κ2) is 10.7. The number of nitrogens with two attached hydrogens (primary N) is 1. The van der Waals surface area contributed by atoms with Crippen molar-refractivity contribution in [3.05, 3.63) is 63.7 Å². The molecule has 1 amide bonds. The molecule has 1 saturated carbocycles. The molecule has 1 aromatic heterocycles. The molecule has 0 spiro atoms. The van der Waals surface area contributed by atoms with E-state index >= 15 is 0 Å². The standard InChI is InChI=1S/C22H22FN5O4.CH2O2/c1-25-16-7-11(23)6-15-18(16)28-21(30)17(19(15)26-14-8-12(24)9-14)20(29)27-13-4-2-10(3-5-13)22(31)32;2-1-3/h2-7,12,14,25H,8-9,24H2,1H3,(H,27,29)(H,31,32)(H2,26,28,30);1H,(H,2,3). The van der Waals surface area contributed by atoms with Gasteiger partial charge in [0.05, 0.1) is 22.5 Å². The number of rotatable bonds is 6. The second-order valence-electron chi connectivity index (χ2n) is 7.84. The maximum absolute atomic E-state index is 14.3. The molecule has 12 heteroatoms. The number of H-pyrrole nitrogens is 1. The number of carbonyl (C=O) groups excluding carboxylic acids is 1. The van der Waals surface area contributed by atoms with Gasteiger partial charge in [0.2, 0.25) is 0 Å². The number of carbonyl (C=O) groups is 3. The maximum atomic E-state index is 14.3. The molecular formula is C23H24FN5O6. The fraction of sp³-hybridized carbons (Fsp3) is 0.217. The van der Waals surface area contributed by atoms with Crippen molar-refractivity contribution in [3.8, 4) is 0 Å². The lowest BCUT2D eigenvalue weighted by atomic mass is 9.87. The van der Waals surface area contributed by atoms with Crippen molar-refractivity contribution in [2.75, 3.05) is 23.0 Å². The minimum Gasteiger partial charge on any atom is -0.483 e. The molecule has 2 aromatic carbocycles. The number of anilines is 3. The fourth-order valence-electron chi connectivity index (χ4n) is 3.80. The first-order valence-electron chi connectivity index (χ1n) is 10.5. The number of pyridine rings is 1. The van der Waals surface area contributed by atoms with Gasteiger partial charge in [0.25, 0.3) is 17.9 Å². The molecular weight excluding hydrogens is 461 g/mol. The quantitative estimate of drug-likeness (QED) is 0.257. The minimum atomic E-state index is -1.10. The largest absolute Gasteiger partial charge is 0.483 e. The monoisotopic (exact) mass is 485 g/mol. The Morgan fingerprint density at radius 3 is 2.37 bits per heavy atom. The average Bonchev–Trinajstić information content (AvgIpc) is 2.78. The minimum absolute atomic E-state index is 0.0235. The summed E-state index contributed by atoms with van der Waals surface area (Å²) in [4.78, 5) is 48.1. The Morgan fingerprint density at radius 2 is 1.83 bits per heavy atom. The number of hydrogen-bond acceptors (Lipinski definition) is 7. The van der Waals surface area contributed by atoms with Gasteiger partial charge in [-0.2, -0.15) is 0 Å². The van der Waals surface area contributed by atoms with E-state index in [0.29, 0.717) is 35.1 Å². The normalized spacial score (nSPS) is 16.3. The molecule has 4 rings (SSSR count). The van der Waals surface area contributed by atoms with Gasteiger partial charge in [-0.3, -0.25) is 14.4 Å². The summed E-state index contributed by atoms with van der Waals surface area (Å²) in [6, 6.07) is 8.00. The van der Waals surface area contributed by atoms with E-state index in [9.17, 15) is 18.8 Å². The van der Waals surface area contributed by atoms with Crippen LogP contribution in [0.2, 0.25) is 0 Å². The highest BCUT2D eigenvalue weighted by Crippen LogP contribution is 2.33. The number of hydrogen-bond donors (Lipinski definition) is 7. The van der Waals surface area contributed by atoms with Crippen LogP contribution in [-0.4, -0.2) is 52.7 Å². The van der Waals surface area contributed by atoms with E-state index in [-0.39, 0.29) is 35.4 Å². The van der Waals surface area contributed by atoms with E-state index < -0.39 is 23.3 Å². The number of fused-ring (bicyclic) bond motifs is 1. The van der Waals surface area contributed by atoms with Crippen molar-refractivity contribution in [3.63, 3.8) is 0 Å². The molecule has 0 atom stereocenters. The lowest BCUT2D eigenvalue weighted by molar-refractivity contribution is -0.122. The summed E-state index contributed by atoms with van der Waals surface area (Å²) in [6.45, 7) is -0.250. The second-order valence-corrected chi connectivity index (χ2v) is 7.84. The van der Waals surface area contributed by atoms with Crippen LogP contribution in [0.25, 0.3) is 10.9 Å². The zero-order valence-corrected chi connectivity index (χ0v) is 18.6. The molecule has 35 heavy (non-hydrogen) atoms. The molecule has 0 bridgehead atoms. The Hall–Kier alpha value is -4.45. The van der Waals surface area contributed by atoms with Crippen LogP contribution in [0, 0.1) is 5.82 Å². The number of aromatic amines is 1. The summed E-state index contributed by atoms with van der Waals surface area (Å²) in [5.74, 6) is -2.34. The number of benzene rings is 2. The Balaban J connectivity index is 0.00000108. The Kier molecular flexibility index (Phi) is 7.66. The van der Waals surface area contributed by atoms with Gasteiger partial charge in [0.1, 0.15) is 11.4 Å². The fourth-order valence-corrected chi connectivity index (χ4v) is 3.80. The Bertz CT molecular complexity index is 1320. The van der Waals surface area contributed by atoms with Crippen molar-refractivity contribution in [2.24, 2.45) is 5.73 Å². The Labute approximate surface area is 198 Å². The number of carboxylic acids is 1. The molecule has 0 radical (unpaired) electrons. The van der Waals surface area contributed by atoms with E-state index in [1.54, 1.807) is 7.05 Å². The highest BCUT2D eigenvalue weighted by Gasteiger charge is 2.29. The molecule has 184 valence electrons. The van der Waals surface area contributed by atoms with Crippen LogP contribution in [0.1, 0.15) is 33.6 Å². The van der Waals surface area contributed by atoms with Crippen molar-refractivity contribution in [2.45, 2.75) is 24.9 Å². The molecule has 8 N–H and O–H groups in total. The number of carboxylic acid groups (broad SMARTS) is 2. The number of nitrogens with one attached hydrogen (secondary N) is 4. The molecule has 3 aromatic rings. The predicted octanol–water partition coefficient (Wildman–Crippen LogP) is 2.26. The van der Waals surface area contributed by atoms with Gasteiger partial charge < -0.3 is 36.9 Å². The average molecular weight is 485 g/mol. The molecule has 0 aliphatic heterocycles. The van der Waals surface area contributed by atoms with Crippen LogP contribution in [0.4, 0.5) is 21.5 Å². The van der Waals surface area contributed by atoms with Crippen molar-refractivity contribution in [1.29, 1.82) is 0 Å². The SMILES string of the molecule is CNc1cc(F)cc2c(NC3CC(N)C3)c(C(=O)Nc3ccc(C(=O)O)cc3)c(=O)[nH]c12.O=CO. The summed E-state index contributed by atoms with van der Waals surface area (Å²) in [7, 11) is 1.60. The maximum Gasteiger partial charge on any atom is 0.335 e. The lowest BCUT2D eigenvalue weighted by Crippen LogP contribution is -2.45. The first-order valence-corrected chi connectivity index (χ1v) is 10.5. The van der Waals surface area contributed by atoms with E-state index in [1.165, 1.54) is 36.4 Å². The van der Waals surface area contributed by atoms with E-state index in [2.05, 4.69) is 20.9 Å². The third-order valence-corrected chi connectivity index (χ3v) is 5.50. The number of amides is 1. The van der Waals surface area contributed by atoms with Gasteiger partial charge in [-0.05, 0) is 49.2 Å². The highest BCUT2D eigenvalue weighted by molar-refractivity contribution is 6.13. The van der Waals surface area contributed by atoms with Gasteiger partial charge >= 0.3 is 5.97 Å². The number of aromatic nitrogens is 1. The van der Waals surface area contributed by atoms with Crippen molar-refractivity contribution >= 4 is 46.3 Å². The van der Waals surface area contributed by atoms with Crippen molar-refractivity contribution in [1.82, 2.24) is 4.98 Å². The van der Waals surface area contributed by atoms with Crippen LogP contribution >= 0.6 is 0 Å². The summed E-state index contributed by atoms with van der Waals surface area (Å²) in [6.07, 6.45) is 1.31. The summed E-state index contributed by atoms with van der Waals surface area (Å²) < 4.78 is 14.3. The summed E-state index contributed by atoms with van der Waals surface area (Å²) in [5, 5.41) is 24.9. The molecule has 1 heterocycles. The van der Waals surface area contributed by atoms with Crippen LogP contribution in [0.5, 0.6) is 0 Å². The smallest absolute Gasteiger partial charge is 0.335 e. The topological polar surface area (TPSA) is 187 Å². The number of halogens is 1. The first-order chi connectivity index (χ1) is 16.7. The molecule has 1 fully saturated rings. The predicted molar refractivity (Wildman–Crippen MR) is 129 cm³/mol. The third kappa shape index (κ3) is 5.55.